The minimum Gasteiger partial charge on any atom is -0.497 e. The predicted molar refractivity (Wildman–Crippen MR) is 87.1 cm³/mol. The Bertz CT molecular complexity index is 660. The number of halogens is 1. The molecule has 0 atom stereocenters. The van der Waals surface area contributed by atoms with Crippen LogP contribution in [0.15, 0.2) is 53.0 Å². The van der Waals surface area contributed by atoms with Crippen LogP contribution in [0.3, 0.4) is 0 Å². The third-order valence-corrected chi connectivity index (χ3v) is 3.47. The third-order valence-electron chi connectivity index (χ3n) is 2.98. The number of allylic oxidation sites excluding steroid dienone is 1. The Kier molecular flexibility index (Phi) is 5.17. The van der Waals surface area contributed by atoms with Crippen LogP contribution >= 0.6 is 15.9 Å². The summed E-state index contributed by atoms with van der Waals surface area (Å²) in [6.07, 6.45) is 3.28. The van der Waals surface area contributed by atoms with Crippen LogP contribution in [0.2, 0.25) is 0 Å². The molecule has 0 unspecified atom stereocenters. The van der Waals surface area contributed by atoms with Gasteiger partial charge in [-0.1, -0.05) is 15.9 Å². The highest BCUT2D eigenvalue weighted by Crippen LogP contribution is 2.24. The van der Waals surface area contributed by atoms with Crippen LogP contribution < -0.4 is 9.47 Å². The topological polar surface area (TPSA) is 35.5 Å². The summed E-state index contributed by atoms with van der Waals surface area (Å²) in [6, 6.07) is 12.6. The Morgan fingerprint density at radius 2 is 1.76 bits per heavy atom. The van der Waals surface area contributed by atoms with Crippen LogP contribution in [0.1, 0.15) is 15.9 Å². The molecule has 0 aromatic heterocycles. The first-order chi connectivity index (χ1) is 10.1. The summed E-state index contributed by atoms with van der Waals surface area (Å²) in [5, 5.41) is 0. The second-order valence-corrected chi connectivity index (χ2v) is 5.23. The Labute approximate surface area is 132 Å². The van der Waals surface area contributed by atoms with E-state index in [1.165, 1.54) is 6.08 Å². The molecule has 0 radical (unpaired) electrons. The summed E-state index contributed by atoms with van der Waals surface area (Å²) in [7, 11) is 3.20. The number of carbonyl (C=O) groups is 1. The normalized spacial score (nSPS) is 10.6. The molecule has 21 heavy (non-hydrogen) atoms. The molecule has 0 saturated heterocycles. The molecule has 0 amide bonds. The molecule has 0 aliphatic heterocycles. The van der Waals surface area contributed by atoms with E-state index in [9.17, 15) is 4.79 Å². The van der Waals surface area contributed by atoms with Gasteiger partial charge in [-0.3, -0.25) is 4.79 Å². The molecule has 3 nitrogen and oxygen atoms in total. The van der Waals surface area contributed by atoms with Crippen molar-refractivity contribution in [1.29, 1.82) is 0 Å². The number of methoxy groups -OCH3 is 2. The van der Waals surface area contributed by atoms with Crippen molar-refractivity contribution in [2.24, 2.45) is 0 Å². The fourth-order valence-electron chi connectivity index (χ4n) is 1.85. The van der Waals surface area contributed by atoms with E-state index in [2.05, 4.69) is 15.9 Å². The largest absolute Gasteiger partial charge is 0.497 e. The molecule has 0 aliphatic carbocycles. The molecule has 4 heteroatoms. The van der Waals surface area contributed by atoms with Crippen molar-refractivity contribution in [2.75, 3.05) is 14.2 Å². The van der Waals surface area contributed by atoms with Gasteiger partial charge in [0.15, 0.2) is 5.78 Å². The zero-order chi connectivity index (χ0) is 15.2. The number of hydrogen-bond donors (Lipinski definition) is 0. The first kappa shape index (κ1) is 15.3. The molecule has 0 heterocycles. The van der Waals surface area contributed by atoms with Crippen molar-refractivity contribution in [3.8, 4) is 11.5 Å². The second-order valence-electron chi connectivity index (χ2n) is 4.31. The van der Waals surface area contributed by atoms with E-state index in [0.717, 1.165) is 21.5 Å². The highest BCUT2D eigenvalue weighted by Gasteiger charge is 2.04. The van der Waals surface area contributed by atoms with E-state index >= 15 is 0 Å². The number of ether oxygens (including phenoxy) is 2. The minimum atomic E-state index is -0.0697. The van der Waals surface area contributed by atoms with Gasteiger partial charge in [0.25, 0.3) is 0 Å². The van der Waals surface area contributed by atoms with Crippen LogP contribution in [0.25, 0.3) is 6.08 Å². The van der Waals surface area contributed by atoms with Crippen molar-refractivity contribution < 1.29 is 14.3 Å². The third kappa shape index (κ3) is 3.95. The van der Waals surface area contributed by atoms with Crippen LogP contribution in [-0.2, 0) is 0 Å². The Balaban J connectivity index is 2.20. The van der Waals surface area contributed by atoms with E-state index < -0.39 is 0 Å². The zero-order valence-corrected chi connectivity index (χ0v) is 13.4. The van der Waals surface area contributed by atoms with E-state index in [4.69, 9.17) is 9.47 Å². The summed E-state index contributed by atoms with van der Waals surface area (Å²) < 4.78 is 11.3. The van der Waals surface area contributed by atoms with Crippen LogP contribution in [-0.4, -0.2) is 20.0 Å². The quantitative estimate of drug-likeness (QED) is 0.595. The van der Waals surface area contributed by atoms with E-state index in [0.29, 0.717) is 5.56 Å². The summed E-state index contributed by atoms with van der Waals surface area (Å²) in [6.45, 7) is 0. The smallest absolute Gasteiger partial charge is 0.185 e. The van der Waals surface area contributed by atoms with Gasteiger partial charge in [0, 0.05) is 15.6 Å². The van der Waals surface area contributed by atoms with Gasteiger partial charge in [0.2, 0.25) is 0 Å². The number of ketones is 1. The lowest BCUT2D eigenvalue weighted by atomic mass is 10.1. The lowest BCUT2D eigenvalue weighted by molar-refractivity contribution is 0.104. The van der Waals surface area contributed by atoms with Gasteiger partial charge in [-0.05, 0) is 54.6 Å². The van der Waals surface area contributed by atoms with Crippen LogP contribution in [0.4, 0.5) is 0 Å². The van der Waals surface area contributed by atoms with E-state index in [1.807, 2.05) is 18.2 Å². The lowest BCUT2D eigenvalue weighted by Gasteiger charge is -2.05. The SMILES string of the molecule is COc1ccc(C(=O)C=Cc2cc(Br)ccc2OC)cc1. The number of rotatable bonds is 5. The van der Waals surface area contributed by atoms with Gasteiger partial charge in [-0.2, -0.15) is 0 Å². The van der Waals surface area contributed by atoms with Gasteiger partial charge in [-0.15, -0.1) is 0 Å². The standard InChI is InChI=1S/C17H15BrO3/c1-20-15-7-3-12(4-8-15)16(19)9-5-13-11-14(18)6-10-17(13)21-2/h3-11H,1-2H3. The van der Waals surface area contributed by atoms with Crippen molar-refractivity contribution in [2.45, 2.75) is 0 Å². The molecule has 0 N–H and O–H groups in total. The fraction of sp³-hybridized carbons (Fsp3) is 0.118. The van der Waals surface area contributed by atoms with Crippen molar-refractivity contribution in [1.82, 2.24) is 0 Å². The van der Waals surface area contributed by atoms with E-state index in [-0.39, 0.29) is 5.78 Å². The first-order valence-corrected chi connectivity index (χ1v) is 7.13. The highest BCUT2D eigenvalue weighted by atomic mass is 79.9. The molecule has 0 saturated carbocycles. The van der Waals surface area contributed by atoms with Crippen molar-refractivity contribution >= 4 is 27.8 Å². The molecule has 0 spiro atoms. The molecule has 2 aromatic carbocycles. The Hall–Kier alpha value is -2.07. The molecular formula is C17H15BrO3. The Morgan fingerprint density at radius 3 is 2.38 bits per heavy atom. The van der Waals surface area contributed by atoms with Crippen LogP contribution in [0.5, 0.6) is 11.5 Å². The fourth-order valence-corrected chi connectivity index (χ4v) is 2.23. The maximum atomic E-state index is 12.1. The monoisotopic (exact) mass is 346 g/mol. The first-order valence-electron chi connectivity index (χ1n) is 6.34. The average molecular weight is 347 g/mol. The number of carbonyl (C=O) groups excluding carboxylic acids is 1. The molecule has 0 bridgehead atoms. The van der Waals surface area contributed by atoms with Crippen LogP contribution in [0, 0.1) is 0 Å². The maximum absolute atomic E-state index is 12.1. The van der Waals surface area contributed by atoms with E-state index in [1.54, 1.807) is 44.6 Å². The summed E-state index contributed by atoms with van der Waals surface area (Å²) in [5.41, 5.74) is 1.45. The summed E-state index contributed by atoms with van der Waals surface area (Å²) >= 11 is 3.41. The molecule has 0 aliphatic rings. The van der Waals surface area contributed by atoms with Gasteiger partial charge in [0.05, 0.1) is 14.2 Å². The maximum Gasteiger partial charge on any atom is 0.185 e. The molecule has 2 rings (SSSR count). The number of hydrogen-bond acceptors (Lipinski definition) is 3. The minimum absolute atomic E-state index is 0.0697. The molecule has 0 fully saturated rings. The van der Waals surface area contributed by atoms with Gasteiger partial charge in [-0.25, -0.2) is 0 Å². The molecule has 108 valence electrons. The van der Waals surface area contributed by atoms with Gasteiger partial charge in [0.1, 0.15) is 11.5 Å². The predicted octanol–water partition coefficient (Wildman–Crippen LogP) is 4.36. The van der Waals surface area contributed by atoms with Crippen molar-refractivity contribution in [3.05, 3.63) is 64.1 Å². The second kappa shape index (κ2) is 7.09. The number of benzene rings is 2. The lowest BCUT2D eigenvalue weighted by Crippen LogP contribution is -1.94. The zero-order valence-electron chi connectivity index (χ0n) is 11.8. The average Bonchev–Trinajstić information content (AvgIpc) is 2.52. The van der Waals surface area contributed by atoms with Gasteiger partial charge >= 0.3 is 0 Å². The summed E-state index contributed by atoms with van der Waals surface area (Å²) in [4.78, 5) is 12.1. The summed E-state index contributed by atoms with van der Waals surface area (Å²) in [5.74, 6) is 1.38. The van der Waals surface area contributed by atoms with Crippen molar-refractivity contribution in [3.63, 3.8) is 0 Å². The van der Waals surface area contributed by atoms with Gasteiger partial charge < -0.3 is 9.47 Å². The molecular weight excluding hydrogens is 332 g/mol. The Morgan fingerprint density at radius 1 is 1.05 bits per heavy atom. The molecule has 2 aromatic rings. The highest BCUT2D eigenvalue weighted by molar-refractivity contribution is 9.10.